The number of rotatable bonds is 4. The quantitative estimate of drug-likeness (QED) is 0.845. The Bertz CT molecular complexity index is 1040. The maximum Gasteiger partial charge on any atom is 0.237 e. The van der Waals surface area contributed by atoms with Gasteiger partial charge in [0.1, 0.15) is 5.82 Å². The fraction of sp³-hybridized carbons (Fsp3) is 0.450. The number of aromatic amines is 1. The van der Waals surface area contributed by atoms with Gasteiger partial charge in [-0.1, -0.05) is 6.08 Å². The lowest BCUT2D eigenvalue weighted by Crippen LogP contribution is -2.44. The van der Waals surface area contributed by atoms with Gasteiger partial charge in [-0.05, 0) is 43.7 Å². The van der Waals surface area contributed by atoms with E-state index in [4.69, 9.17) is 0 Å². The van der Waals surface area contributed by atoms with Crippen molar-refractivity contribution >= 4 is 32.2 Å². The van der Waals surface area contributed by atoms with Crippen LogP contribution in [-0.4, -0.2) is 73.3 Å². The van der Waals surface area contributed by atoms with Crippen molar-refractivity contribution in [1.29, 1.82) is 0 Å². The van der Waals surface area contributed by atoms with Crippen LogP contribution in [0.5, 0.6) is 0 Å². The minimum atomic E-state index is -2.96. The molecule has 150 valence electrons. The summed E-state index contributed by atoms with van der Waals surface area (Å²) in [6.45, 7) is 1.38. The van der Waals surface area contributed by atoms with E-state index in [1.807, 2.05) is 24.2 Å². The molecule has 1 atom stereocenters. The van der Waals surface area contributed by atoms with E-state index in [0.717, 1.165) is 28.5 Å². The number of carbonyl (C=O) groups is 1. The number of aromatic nitrogens is 1. The van der Waals surface area contributed by atoms with Crippen LogP contribution in [0.15, 0.2) is 30.5 Å². The van der Waals surface area contributed by atoms with Crippen LogP contribution in [0.25, 0.3) is 16.5 Å². The maximum atomic E-state index is 13.4. The molecule has 0 aliphatic carbocycles. The Labute approximate surface area is 163 Å². The van der Waals surface area contributed by atoms with E-state index < -0.39 is 9.84 Å². The molecule has 0 bridgehead atoms. The first-order valence-corrected chi connectivity index (χ1v) is 11.3. The zero-order valence-corrected chi connectivity index (χ0v) is 16.6. The zero-order chi connectivity index (χ0) is 19.9. The van der Waals surface area contributed by atoms with E-state index in [1.165, 1.54) is 12.1 Å². The van der Waals surface area contributed by atoms with Crippen LogP contribution in [0.1, 0.15) is 18.4 Å². The van der Waals surface area contributed by atoms with Crippen molar-refractivity contribution in [2.45, 2.75) is 18.9 Å². The Hall–Kier alpha value is -2.19. The predicted octanol–water partition coefficient (Wildman–Crippen LogP) is 2.04. The van der Waals surface area contributed by atoms with E-state index in [9.17, 15) is 17.6 Å². The van der Waals surface area contributed by atoms with Gasteiger partial charge in [0.15, 0.2) is 9.84 Å². The number of hydrogen-bond donors (Lipinski definition) is 1. The highest BCUT2D eigenvalue weighted by atomic mass is 32.2. The van der Waals surface area contributed by atoms with Crippen molar-refractivity contribution in [2.24, 2.45) is 0 Å². The molecule has 3 heterocycles. The summed E-state index contributed by atoms with van der Waals surface area (Å²) < 4.78 is 36.7. The van der Waals surface area contributed by atoms with Gasteiger partial charge in [0.2, 0.25) is 5.91 Å². The van der Waals surface area contributed by atoms with Crippen LogP contribution in [0, 0.1) is 5.82 Å². The van der Waals surface area contributed by atoms with Crippen molar-refractivity contribution in [2.75, 3.05) is 38.2 Å². The summed E-state index contributed by atoms with van der Waals surface area (Å²) in [6.07, 6.45) is 5.27. The molecule has 2 aliphatic heterocycles. The SMILES string of the molecule is CN(CC(=O)N1CC=C(c2c[nH]c3cc(F)ccc23)CC1)C1CCS(=O)(=O)C1. The second kappa shape index (κ2) is 7.33. The van der Waals surface area contributed by atoms with Gasteiger partial charge >= 0.3 is 0 Å². The first kappa shape index (κ1) is 19.1. The fourth-order valence-corrected chi connectivity index (χ4v) is 5.88. The molecular formula is C20H24FN3O3S. The van der Waals surface area contributed by atoms with Crippen molar-refractivity contribution < 1.29 is 17.6 Å². The molecule has 1 N–H and O–H groups in total. The van der Waals surface area contributed by atoms with Gasteiger partial charge in [0, 0.05) is 41.8 Å². The molecule has 1 saturated heterocycles. The van der Waals surface area contributed by atoms with Gasteiger partial charge in [-0.25, -0.2) is 12.8 Å². The number of sulfone groups is 1. The van der Waals surface area contributed by atoms with Gasteiger partial charge in [0.25, 0.3) is 0 Å². The zero-order valence-electron chi connectivity index (χ0n) is 15.8. The van der Waals surface area contributed by atoms with Gasteiger partial charge in [-0.2, -0.15) is 0 Å². The van der Waals surface area contributed by atoms with Crippen LogP contribution in [0.4, 0.5) is 4.39 Å². The van der Waals surface area contributed by atoms with Gasteiger partial charge in [-0.15, -0.1) is 0 Å². The summed E-state index contributed by atoms with van der Waals surface area (Å²) >= 11 is 0. The lowest BCUT2D eigenvalue weighted by atomic mass is 9.99. The highest BCUT2D eigenvalue weighted by molar-refractivity contribution is 7.91. The first-order chi connectivity index (χ1) is 13.3. The summed E-state index contributed by atoms with van der Waals surface area (Å²) in [6, 6.07) is 4.64. The summed E-state index contributed by atoms with van der Waals surface area (Å²) in [5.74, 6) is 0.0975. The predicted molar refractivity (Wildman–Crippen MR) is 107 cm³/mol. The molecule has 2 aliphatic rings. The normalized spacial score (nSPS) is 22.0. The first-order valence-electron chi connectivity index (χ1n) is 9.47. The Morgan fingerprint density at radius 3 is 2.89 bits per heavy atom. The molecule has 0 saturated carbocycles. The number of fused-ring (bicyclic) bond motifs is 1. The third kappa shape index (κ3) is 3.84. The number of nitrogens with one attached hydrogen (secondary N) is 1. The summed E-state index contributed by atoms with van der Waals surface area (Å²) in [7, 11) is -1.14. The molecule has 1 amide bonds. The molecule has 1 aromatic heterocycles. The van der Waals surface area contributed by atoms with E-state index in [2.05, 4.69) is 4.98 Å². The Balaban J connectivity index is 1.40. The highest BCUT2D eigenvalue weighted by Crippen LogP contribution is 2.29. The third-order valence-electron chi connectivity index (χ3n) is 5.77. The van der Waals surface area contributed by atoms with Crippen LogP contribution >= 0.6 is 0 Å². The van der Waals surface area contributed by atoms with Crippen molar-refractivity contribution in [3.63, 3.8) is 0 Å². The van der Waals surface area contributed by atoms with Crippen molar-refractivity contribution in [3.8, 4) is 0 Å². The van der Waals surface area contributed by atoms with E-state index in [-0.39, 0.29) is 35.8 Å². The highest BCUT2D eigenvalue weighted by Gasteiger charge is 2.32. The lowest BCUT2D eigenvalue weighted by Gasteiger charge is -2.30. The number of halogens is 1. The molecule has 1 unspecified atom stereocenters. The maximum absolute atomic E-state index is 13.4. The molecule has 8 heteroatoms. The molecular weight excluding hydrogens is 381 g/mol. The number of likely N-dealkylation sites (N-methyl/N-ethyl adjacent to an activating group) is 1. The molecule has 28 heavy (non-hydrogen) atoms. The molecule has 6 nitrogen and oxygen atoms in total. The molecule has 1 aromatic carbocycles. The smallest absolute Gasteiger partial charge is 0.237 e. The number of amides is 1. The average Bonchev–Trinajstić information content (AvgIpc) is 3.24. The summed E-state index contributed by atoms with van der Waals surface area (Å²) in [5.41, 5.74) is 2.97. The second-order valence-corrected chi connectivity index (χ2v) is 9.91. The number of carbonyl (C=O) groups excluding carboxylic acids is 1. The molecule has 0 radical (unpaired) electrons. The second-order valence-electron chi connectivity index (χ2n) is 7.68. The summed E-state index contributed by atoms with van der Waals surface area (Å²) in [5, 5.41) is 0.981. The van der Waals surface area contributed by atoms with Gasteiger partial charge < -0.3 is 9.88 Å². The molecule has 0 spiro atoms. The number of H-pyrrole nitrogens is 1. The van der Waals surface area contributed by atoms with Gasteiger partial charge in [0.05, 0.1) is 18.1 Å². The molecule has 4 rings (SSSR count). The summed E-state index contributed by atoms with van der Waals surface area (Å²) in [4.78, 5) is 19.4. The number of hydrogen-bond acceptors (Lipinski definition) is 4. The van der Waals surface area contributed by atoms with E-state index in [0.29, 0.717) is 19.5 Å². The fourth-order valence-electron chi connectivity index (χ4n) is 4.07. The lowest BCUT2D eigenvalue weighted by molar-refractivity contribution is -0.132. The Morgan fingerprint density at radius 1 is 1.39 bits per heavy atom. The topological polar surface area (TPSA) is 73.5 Å². The Kier molecular flexibility index (Phi) is 5.01. The number of benzene rings is 1. The van der Waals surface area contributed by atoms with Crippen LogP contribution in [0.3, 0.4) is 0 Å². The van der Waals surface area contributed by atoms with Crippen molar-refractivity contribution in [3.05, 3.63) is 41.9 Å². The molecule has 1 fully saturated rings. The standard InChI is InChI=1S/C20H24FN3O3S/c1-23(16-6-9-28(26,27)13-16)12-20(25)24-7-4-14(5-8-24)18-11-22-19-10-15(21)2-3-17(18)19/h2-4,10-11,16,22H,5-9,12-13H2,1H3. The van der Waals surface area contributed by atoms with Crippen molar-refractivity contribution in [1.82, 2.24) is 14.8 Å². The van der Waals surface area contributed by atoms with Gasteiger partial charge in [-0.3, -0.25) is 9.69 Å². The van der Waals surface area contributed by atoms with E-state index in [1.54, 1.807) is 11.0 Å². The Morgan fingerprint density at radius 2 is 2.21 bits per heavy atom. The molecule has 2 aromatic rings. The average molecular weight is 405 g/mol. The van der Waals surface area contributed by atoms with E-state index >= 15 is 0 Å². The van der Waals surface area contributed by atoms with Crippen LogP contribution < -0.4 is 0 Å². The minimum Gasteiger partial charge on any atom is -0.360 e. The van der Waals surface area contributed by atoms with Crippen LogP contribution in [0.2, 0.25) is 0 Å². The van der Waals surface area contributed by atoms with Crippen LogP contribution in [-0.2, 0) is 14.6 Å². The largest absolute Gasteiger partial charge is 0.360 e. The third-order valence-corrected chi connectivity index (χ3v) is 7.52. The number of nitrogens with zero attached hydrogens (tertiary/aromatic N) is 2. The monoisotopic (exact) mass is 405 g/mol. The minimum absolute atomic E-state index is 0.0168.